The molecule has 0 aliphatic heterocycles. The van der Waals surface area contributed by atoms with E-state index in [-0.39, 0.29) is 0 Å². The van der Waals surface area contributed by atoms with Crippen molar-refractivity contribution in [2.75, 3.05) is 19.0 Å². The Balaban J connectivity index is 1.96. The SMILES string of the molecule is COc1cnc(C)cc1NCCc1cccnc1. The monoisotopic (exact) mass is 243 g/mol. The number of nitrogens with zero attached hydrogens (tertiary/aromatic N) is 2. The van der Waals surface area contributed by atoms with Crippen LogP contribution in [0.4, 0.5) is 5.69 Å². The third-order valence-corrected chi connectivity index (χ3v) is 2.68. The van der Waals surface area contributed by atoms with Gasteiger partial charge in [0.15, 0.2) is 5.75 Å². The molecule has 0 bridgehead atoms. The zero-order valence-electron chi connectivity index (χ0n) is 10.7. The Hall–Kier alpha value is -2.10. The highest BCUT2D eigenvalue weighted by molar-refractivity contribution is 5.55. The number of hydrogen-bond donors (Lipinski definition) is 1. The van der Waals surface area contributed by atoms with Crippen LogP contribution >= 0.6 is 0 Å². The maximum atomic E-state index is 5.27. The molecule has 2 heterocycles. The van der Waals surface area contributed by atoms with Crippen LogP contribution < -0.4 is 10.1 Å². The number of rotatable bonds is 5. The summed E-state index contributed by atoms with van der Waals surface area (Å²) in [4.78, 5) is 8.30. The van der Waals surface area contributed by atoms with E-state index in [0.717, 1.165) is 30.1 Å². The molecule has 2 aromatic heterocycles. The summed E-state index contributed by atoms with van der Waals surface area (Å²) in [5.41, 5.74) is 3.17. The van der Waals surface area contributed by atoms with Crippen LogP contribution in [0.3, 0.4) is 0 Å². The molecule has 0 aliphatic rings. The Bertz CT molecular complexity index is 500. The summed E-state index contributed by atoms with van der Waals surface area (Å²) >= 11 is 0. The van der Waals surface area contributed by atoms with Crippen LogP contribution in [0.5, 0.6) is 5.75 Å². The molecule has 0 aliphatic carbocycles. The summed E-state index contributed by atoms with van der Waals surface area (Å²) in [6.45, 7) is 2.80. The average Bonchev–Trinajstić information content (AvgIpc) is 2.40. The fraction of sp³-hybridized carbons (Fsp3) is 0.286. The van der Waals surface area contributed by atoms with E-state index in [9.17, 15) is 0 Å². The molecule has 0 unspecified atom stereocenters. The second-order valence-corrected chi connectivity index (χ2v) is 4.06. The minimum atomic E-state index is 0.770. The van der Waals surface area contributed by atoms with Crippen LogP contribution in [0.15, 0.2) is 36.8 Å². The minimum absolute atomic E-state index is 0.770. The Labute approximate surface area is 107 Å². The van der Waals surface area contributed by atoms with Gasteiger partial charge in [-0.2, -0.15) is 0 Å². The first-order valence-electron chi connectivity index (χ1n) is 5.93. The topological polar surface area (TPSA) is 47.0 Å². The highest BCUT2D eigenvalue weighted by Gasteiger charge is 2.03. The van der Waals surface area contributed by atoms with Crippen molar-refractivity contribution in [3.63, 3.8) is 0 Å². The molecular weight excluding hydrogens is 226 g/mol. The molecule has 0 atom stereocenters. The van der Waals surface area contributed by atoms with Gasteiger partial charge >= 0.3 is 0 Å². The van der Waals surface area contributed by atoms with Crippen molar-refractivity contribution in [3.05, 3.63) is 48.0 Å². The van der Waals surface area contributed by atoms with Crippen LogP contribution in [0.25, 0.3) is 0 Å². The second-order valence-electron chi connectivity index (χ2n) is 4.06. The van der Waals surface area contributed by atoms with Crippen LogP contribution in [-0.4, -0.2) is 23.6 Å². The molecule has 2 aromatic rings. The lowest BCUT2D eigenvalue weighted by molar-refractivity contribution is 0.414. The average molecular weight is 243 g/mol. The molecule has 0 radical (unpaired) electrons. The zero-order valence-corrected chi connectivity index (χ0v) is 10.7. The third-order valence-electron chi connectivity index (χ3n) is 2.68. The molecule has 0 aromatic carbocycles. The Morgan fingerprint density at radius 2 is 2.22 bits per heavy atom. The lowest BCUT2D eigenvalue weighted by Gasteiger charge is -2.11. The summed E-state index contributed by atoms with van der Waals surface area (Å²) in [7, 11) is 1.65. The van der Waals surface area contributed by atoms with Crippen molar-refractivity contribution in [1.82, 2.24) is 9.97 Å². The van der Waals surface area contributed by atoms with Gasteiger partial charge in [0.05, 0.1) is 19.0 Å². The lowest BCUT2D eigenvalue weighted by Crippen LogP contribution is -2.06. The van der Waals surface area contributed by atoms with Gasteiger partial charge in [-0.1, -0.05) is 6.07 Å². The summed E-state index contributed by atoms with van der Waals surface area (Å²) < 4.78 is 5.27. The van der Waals surface area contributed by atoms with Crippen molar-refractivity contribution < 1.29 is 4.74 Å². The predicted octanol–water partition coefficient (Wildman–Crippen LogP) is 2.45. The maximum Gasteiger partial charge on any atom is 0.160 e. The van der Waals surface area contributed by atoms with Gasteiger partial charge in [0.25, 0.3) is 0 Å². The van der Waals surface area contributed by atoms with E-state index in [1.54, 1.807) is 19.5 Å². The highest BCUT2D eigenvalue weighted by atomic mass is 16.5. The number of hydrogen-bond acceptors (Lipinski definition) is 4. The van der Waals surface area contributed by atoms with Gasteiger partial charge < -0.3 is 10.1 Å². The molecule has 0 spiro atoms. The number of aromatic nitrogens is 2. The van der Waals surface area contributed by atoms with E-state index in [2.05, 4.69) is 21.4 Å². The molecule has 0 fully saturated rings. The molecule has 2 rings (SSSR count). The number of aryl methyl sites for hydroxylation is 1. The van der Waals surface area contributed by atoms with Gasteiger partial charge in [-0.3, -0.25) is 9.97 Å². The second kappa shape index (κ2) is 6.00. The largest absolute Gasteiger partial charge is 0.493 e. The Morgan fingerprint density at radius 1 is 1.33 bits per heavy atom. The van der Waals surface area contributed by atoms with Crippen molar-refractivity contribution in [3.8, 4) is 5.75 Å². The van der Waals surface area contributed by atoms with Crippen LogP contribution in [0, 0.1) is 6.92 Å². The Morgan fingerprint density at radius 3 is 2.94 bits per heavy atom. The molecule has 4 nitrogen and oxygen atoms in total. The minimum Gasteiger partial charge on any atom is -0.493 e. The molecular formula is C14H17N3O. The van der Waals surface area contributed by atoms with Crippen LogP contribution in [0.1, 0.15) is 11.3 Å². The molecule has 94 valence electrons. The molecule has 0 saturated heterocycles. The van der Waals surface area contributed by atoms with Gasteiger partial charge in [0, 0.05) is 24.6 Å². The van der Waals surface area contributed by atoms with Gasteiger partial charge in [0.2, 0.25) is 0 Å². The van der Waals surface area contributed by atoms with Crippen LogP contribution in [0.2, 0.25) is 0 Å². The summed E-state index contributed by atoms with van der Waals surface area (Å²) in [6.07, 6.45) is 6.34. The number of methoxy groups -OCH3 is 1. The summed E-state index contributed by atoms with van der Waals surface area (Å²) in [6, 6.07) is 6.01. The van der Waals surface area contributed by atoms with Crippen molar-refractivity contribution in [2.45, 2.75) is 13.3 Å². The van der Waals surface area contributed by atoms with E-state index in [1.807, 2.05) is 25.3 Å². The fourth-order valence-electron chi connectivity index (χ4n) is 1.74. The number of ether oxygens (including phenoxy) is 1. The lowest BCUT2D eigenvalue weighted by atomic mass is 10.2. The van der Waals surface area contributed by atoms with E-state index < -0.39 is 0 Å². The molecule has 0 amide bonds. The highest BCUT2D eigenvalue weighted by Crippen LogP contribution is 2.23. The molecule has 4 heteroatoms. The maximum absolute atomic E-state index is 5.27. The third kappa shape index (κ3) is 3.20. The van der Waals surface area contributed by atoms with Crippen molar-refractivity contribution >= 4 is 5.69 Å². The number of anilines is 1. The van der Waals surface area contributed by atoms with Crippen molar-refractivity contribution in [1.29, 1.82) is 0 Å². The quantitative estimate of drug-likeness (QED) is 0.876. The normalized spacial score (nSPS) is 10.1. The van der Waals surface area contributed by atoms with Gasteiger partial charge in [-0.05, 0) is 31.0 Å². The van der Waals surface area contributed by atoms with Gasteiger partial charge in [-0.25, -0.2) is 0 Å². The standard InChI is InChI=1S/C14H17N3O/c1-11-8-13(14(18-2)10-17-11)16-7-5-12-4-3-6-15-9-12/h3-4,6,8-10H,5,7H2,1-2H3,(H,16,17). The van der Waals surface area contributed by atoms with Gasteiger partial charge in [0.1, 0.15) is 0 Å². The number of nitrogens with one attached hydrogen (secondary N) is 1. The zero-order chi connectivity index (χ0) is 12.8. The van der Waals surface area contributed by atoms with Crippen molar-refractivity contribution in [2.24, 2.45) is 0 Å². The molecule has 0 saturated carbocycles. The van der Waals surface area contributed by atoms with E-state index >= 15 is 0 Å². The van der Waals surface area contributed by atoms with Gasteiger partial charge in [-0.15, -0.1) is 0 Å². The van der Waals surface area contributed by atoms with E-state index in [1.165, 1.54) is 5.56 Å². The van der Waals surface area contributed by atoms with E-state index in [0.29, 0.717) is 0 Å². The molecule has 18 heavy (non-hydrogen) atoms. The first-order valence-corrected chi connectivity index (χ1v) is 5.93. The fourth-order valence-corrected chi connectivity index (χ4v) is 1.74. The predicted molar refractivity (Wildman–Crippen MR) is 72.0 cm³/mol. The summed E-state index contributed by atoms with van der Waals surface area (Å²) in [5, 5.41) is 3.36. The summed E-state index contributed by atoms with van der Waals surface area (Å²) in [5.74, 6) is 0.770. The Kier molecular flexibility index (Phi) is 4.12. The van der Waals surface area contributed by atoms with Crippen LogP contribution in [-0.2, 0) is 6.42 Å². The first kappa shape index (κ1) is 12.4. The number of pyridine rings is 2. The molecule has 1 N–H and O–H groups in total. The first-order chi connectivity index (χ1) is 8.79. The van der Waals surface area contributed by atoms with E-state index in [4.69, 9.17) is 4.74 Å². The smallest absolute Gasteiger partial charge is 0.160 e.